The van der Waals surface area contributed by atoms with Gasteiger partial charge in [0.05, 0.1) is 5.41 Å². The minimum absolute atomic E-state index is 0. The summed E-state index contributed by atoms with van der Waals surface area (Å²) < 4.78 is 5.44. The summed E-state index contributed by atoms with van der Waals surface area (Å²) in [6.07, 6.45) is 2.85. The Hall–Kier alpha value is -1.39. The van der Waals surface area contributed by atoms with Crippen molar-refractivity contribution in [1.29, 1.82) is 0 Å². The second-order valence-corrected chi connectivity index (χ2v) is 5.49. The van der Waals surface area contributed by atoms with Gasteiger partial charge in [0.1, 0.15) is 0 Å². The molecule has 4 nitrogen and oxygen atoms in total. The van der Waals surface area contributed by atoms with Gasteiger partial charge in [0.25, 0.3) is 0 Å². The van der Waals surface area contributed by atoms with Gasteiger partial charge in [0.15, 0.2) is 5.82 Å². The van der Waals surface area contributed by atoms with E-state index < -0.39 is 0 Å². The predicted octanol–water partition coefficient (Wildman–Crippen LogP) is 2.53. The van der Waals surface area contributed by atoms with E-state index in [-0.39, 0.29) is 17.8 Å². The largest absolute Gasteiger partial charge is 0.339 e. The quantitative estimate of drug-likeness (QED) is 0.941. The summed E-state index contributed by atoms with van der Waals surface area (Å²) in [6.45, 7) is 4.13. The van der Waals surface area contributed by atoms with Crippen LogP contribution in [0.3, 0.4) is 0 Å². The van der Waals surface area contributed by atoms with E-state index in [1.165, 1.54) is 5.56 Å². The van der Waals surface area contributed by atoms with Crippen molar-refractivity contribution in [3.63, 3.8) is 0 Å². The van der Waals surface area contributed by atoms with Crippen molar-refractivity contribution in [1.82, 2.24) is 15.5 Å². The first-order chi connectivity index (χ1) is 9.26. The zero-order valence-corrected chi connectivity index (χ0v) is 12.4. The third-order valence-electron chi connectivity index (χ3n) is 3.83. The number of aromatic nitrogens is 2. The number of nitrogens with one attached hydrogen (secondary N) is 1. The fourth-order valence-electron chi connectivity index (χ4n) is 2.50. The summed E-state index contributed by atoms with van der Waals surface area (Å²) >= 11 is 0. The van der Waals surface area contributed by atoms with Gasteiger partial charge in [-0.3, -0.25) is 0 Å². The van der Waals surface area contributed by atoms with Crippen LogP contribution in [-0.2, 0) is 18.3 Å². The molecule has 1 fully saturated rings. The molecule has 1 aliphatic heterocycles. The first kappa shape index (κ1) is 15.0. The lowest BCUT2D eigenvalue weighted by atomic mass is 9.90. The van der Waals surface area contributed by atoms with Crippen LogP contribution in [0.1, 0.15) is 30.6 Å². The molecule has 5 heteroatoms. The van der Waals surface area contributed by atoms with E-state index in [0.717, 1.165) is 44.1 Å². The van der Waals surface area contributed by atoms with E-state index in [9.17, 15) is 0 Å². The van der Waals surface area contributed by atoms with E-state index in [1.807, 2.05) is 6.07 Å². The highest BCUT2D eigenvalue weighted by molar-refractivity contribution is 5.85. The maximum atomic E-state index is 5.44. The van der Waals surface area contributed by atoms with E-state index in [0.29, 0.717) is 0 Å². The molecule has 1 saturated heterocycles. The fourth-order valence-corrected chi connectivity index (χ4v) is 2.50. The molecular formula is C15H20ClN3O. The minimum atomic E-state index is 0. The summed E-state index contributed by atoms with van der Waals surface area (Å²) in [5.41, 5.74) is 1.32. The normalized spacial score (nSPS) is 21.6. The molecule has 0 radical (unpaired) electrons. The lowest BCUT2D eigenvalue weighted by Crippen LogP contribution is -2.25. The molecule has 3 rings (SSSR count). The Balaban J connectivity index is 0.00000147. The molecule has 2 heterocycles. The van der Waals surface area contributed by atoms with Crippen LogP contribution in [0.5, 0.6) is 0 Å². The summed E-state index contributed by atoms with van der Waals surface area (Å²) in [4.78, 5) is 4.56. The van der Waals surface area contributed by atoms with Crippen molar-refractivity contribution in [2.45, 2.75) is 31.6 Å². The fraction of sp³-hybridized carbons (Fsp3) is 0.467. The Morgan fingerprint density at radius 2 is 2.05 bits per heavy atom. The number of aryl methyl sites for hydroxylation is 2. The molecule has 108 valence electrons. The Morgan fingerprint density at radius 3 is 2.75 bits per heavy atom. The van der Waals surface area contributed by atoms with Crippen LogP contribution in [0.4, 0.5) is 0 Å². The molecule has 0 amide bonds. The topological polar surface area (TPSA) is 51.0 Å². The second-order valence-electron chi connectivity index (χ2n) is 5.49. The van der Waals surface area contributed by atoms with Crippen LogP contribution in [-0.4, -0.2) is 23.2 Å². The minimum Gasteiger partial charge on any atom is -0.339 e. The Morgan fingerprint density at radius 1 is 1.25 bits per heavy atom. The molecule has 1 N–H and O–H groups in total. The van der Waals surface area contributed by atoms with Gasteiger partial charge in [-0.15, -0.1) is 12.4 Å². The molecule has 1 aromatic carbocycles. The van der Waals surface area contributed by atoms with Crippen molar-refractivity contribution in [2.24, 2.45) is 0 Å². The third-order valence-corrected chi connectivity index (χ3v) is 3.83. The van der Waals surface area contributed by atoms with Crippen LogP contribution in [0.2, 0.25) is 0 Å². The van der Waals surface area contributed by atoms with Crippen LogP contribution < -0.4 is 5.32 Å². The van der Waals surface area contributed by atoms with Gasteiger partial charge in [-0.2, -0.15) is 4.98 Å². The molecule has 0 bridgehead atoms. The van der Waals surface area contributed by atoms with Gasteiger partial charge in [-0.1, -0.05) is 35.5 Å². The molecule has 0 saturated carbocycles. The maximum Gasteiger partial charge on any atom is 0.233 e. The van der Waals surface area contributed by atoms with E-state index >= 15 is 0 Å². The smallest absolute Gasteiger partial charge is 0.233 e. The zero-order chi connectivity index (χ0) is 13.1. The van der Waals surface area contributed by atoms with Gasteiger partial charge >= 0.3 is 0 Å². The standard InChI is InChI=1S/C15H19N3O.ClH/c1-15(9-10-16-11-15)14-17-13(18-19-14)8-7-12-5-3-2-4-6-12;/h2-6,16H,7-11H2,1H3;1H. The Bertz CT molecular complexity index is 535. The highest BCUT2D eigenvalue weighted by atomic mass is 35.5. The second kappa shape index (κ2) is 6.37. The summed E-state index contributed by atoms with van der Waals surface area (Å²) in [7, 11) is 0. The summed E-state index contributed by atoms with van der Waals surface area (Å²) in [5.74, 6) is 1.59. The molecular weight excluding hydrogens is 274 g/mol. The molecule has 1 aliphatic rings. The highest BCUT2D eigenvalue weighted by Gasteiger charge is 2.35. The third kappa shape index (κ3) is 3.19. The lowest BCUT2D eigenvalue weighted by molar-refractivity contribution is 0.304. The monoisotopic (exact) mass is 293 g/mol. The van der Waals surface area contributed by atoms with E-state index in [1.54, 1.807) is 0 Å². The van der Waals surface area contributed by atoms with Crippen molar-refractivity contribution in [2.75, 3.05) is 13.1 Å². The Labute approximate surface area is 125 Å². The number of hydrogen-bond acceptors (Lipinski definition) is 4. The number of halogens is 1. The molecule has 2 aromatic rings. The van der Waals surface area contributed by atoms with Crippen molar-refractivity contribution in [3.05, 3.63) is 47.6 Å². The highest BCUT2D eigenvalue weighted by Crippen LogP contribution is 2.28. The van der Waals surface area contributed by atoms with Crippen LogP contribution in [0.25, 0.3) is 0 Å². The number of benzene rings is 1. The van der Waals surface area contributed by atoms with Crippen LogP contribution in [0.15, 0.2) is 34.9 Å². The zero-order valence-electron chi connectivity index (χ0n) is 11.6. The predicted molar refractivity (Wildman–Crippen MR) is 80.2 cm³/mol. The average Bonchev–Trinajstić information content (AvgIpc) is 3.07. The van der Waals surface area contributed by atoms with E-state index in [2.05, 4.69) is 46.6 Å². The number of nitrogens with zero attached hydrogens (tertiary/aromatic N) is 2. The number of rotatable bonds is 4. The first-order valence-corrected chi connectivity index (χ1v) is 6.84. The maximum absolute atomic E-state index is 5.44. The SMILES string of the molecule is CC1(c2nc(CCc3ccccc3)no2)CCNC1.Cl. The molecule has 20 heavy (non-hydrogen) atoms. The van der Waals surface area contributed by atoms with Gasteiger partial charge in [-0.25, -0.2) is 0 Å². The first-order valence-electron chi connectivity index (χ1n) is 6.84. The van der Waals surface area contributed by atoms with Crippen molar-refractivity contribution < 1.29 is 4.52 Å². The van der Waals surface area contributed by atoms with Gasteiger partial charge < -0.3 is 9.84 Å². The average molecular weight is 294 g/mol. The van der Waals surface area contributed by atoms with Gasteiger partial charge in [0, 0.05) is 13.0 Å². The lowest BCUT2D eigenvalue weighted by Gasteiger charge is -2.15. The van der Waals surface area contributed by atoms with Gasteiger partial charge in [-0.05, 0) is 31.9 Å². The van der Waals surface area contributed by atoms with Crippen LogP contribution in [0, 0.1) is 0 Å². The number of hydrogen-bond donors (Lipinski definition) is 1. The summed E-state index contributed by atoms with van der Waals surface area (Å²) in [5, 5.41) is 7.46. The van der Waals surface area contributed by atoms with Gasteiger partial charge in [0.2, 0.25) is 5.89 Å². The van der Waals surface area contributed by atoms with Crippen molar-refractivity contribution >= 4 is 12.4 Å². The molecule has 1 unspecified atom stereocenters. The van der Waals surface area contributed by atoms with Crippen molar-refractivity contribution in [3.8, 4) is 0 Å². The van der Waals surface area contributed by atoms with E-state index in [4.69, 9.17) is 4.52 Å². The molecule has 0 aliphatic carbocycles. The van der Waals surface area contributed by atoms with Crippen LogP contribution >= 0.6 is 12.4 Å². The Kier molecular flexibility index (Phi) is 4.78. The molecule has 1 aromatic heterocycles. The molecule has 1 atom stereocenters. The molecule has 0 spiro atoms. The summed E-state index contributed by atoms with van der Waals surface area (Å²) in [6, 6.07) is 10.4.